The SMILES string of the molecule is C=CCOC(Cn1cnc2nc(N)[nH]c(=O)c21)c1ccccc1. The van der Waals surface area contributed by atoms with Gasteiger partial charge in [0.1, 0.15) is 6.10 Å². The summed E-state index contributed by atoms with van der Waals surface area (Å²) in [6, 6.07) is 9.79. The highest BCUT2D eigenvalue weighted by atomic mass is 16.5. The molecule has 3 N–H and O–H groups in total. The van der Waals surface area contributed by atoms with Gasteiger partial charge in [0.25, 0.3) is 5.56 Å². The van der Waals surface area contributed by atoms with Crippen molar-refractivity contribution in [2.45, 2.75) is 12.6 Å². The number of hydrogen-bond donors (Lipinski definition) is 2. The fraction of sp³-hybridized carbons (Fsp3) is 0.188. The third-order valence-corrected chi connectivity index (χ3v) is 3.45. The van der Waals surface area contributed by atoms with Crippen molar-refractivity contribution in [2.24, 2.45) is 0 Å². The van der Waals surface area contributed by atoms with Gasteiger partial charge in [-0.15, -0.1) is 6.58 Å². The minimum Gasteiger partial charge on any atom is -0.369 e. The summed E-state index contributed by atoms with van der Waals surface area (Å²) in [5.74, 6) is 0.0512. The van der Waals surface area contributed by atoms with Crippen LogP contribution < -0.4 is 11.3 Å². The zero-order valence-electron chi connectivity index (χ0n) is 12.5. The molecule has 23 heavy (non-hydrogen) atoms. The summed E-state index contributed by atoms with van der Waals surface area (Å²) in [5, 5.41) is 0. The molecule has 0 aliphatic rings. The third-order valence-electron chi connectivity index (χ3n) is 3.45. The number of nitrogens with one attached hydrogen (secondary N) is 1. The van der Waals surface area contributed by atoms with Crippen LogP contribution in [0.25, 0.3) is 11.2 Å². The van der Waals surface area contributed by atoms with Crippen molar-refractivity contribution in [3.63, 3.8) is 0 Å². The number of ether oxygens (including phenoxy) is 1. The quantitative estimate of drug-likeness (QED) is 0.674. The first kappa shape index (κ1) is 15.0. The molecule has 2 heterocycles. The number of H-pyrrole nitrogens is 1. The number of benzene rings is 1. The summed E-state index contributed by atoms with van der Waals surface area (Å²) in [6.07, 6.45) is 3.03. The Hall–Kier alpha value is -2.93. The standard InChI is InChI=1S/C16H17N5O2/c1-2-8-23-12(11-6-4-3-5-7-11)9-21-10-18-14-13(21)15(22)20-16(17)19-14/h2-7,10,12H,1,8-9H2,(H3,17,19,20,22). The number of imidazole rings is 1. The molecule has 2 aromatic heterocycles. The number of hydrogen-bond acceptors (Lipinski definition) is 5. The first-order valence-electron chi connectivity index (χ1n) is 7.17. The van der Waals surface area contributed by atoms with Crippen molar-refractivity contribution in [1.29, 1.82) is 0 Å². The third kappa shape index (κ3) is 3.14. The van der Waals surface area contributed by atoms with Gasteiger partial charge < -0.3 is 15.0 Å². The van der Waals surface area contributed by atoms with E-state index in [1.54, 1.807) is 17.0 Å². The first-order chi connectivity index (χ1) is 11.2. The average molecular weight is 311 g/mol. The molecule has 7 heteroatoms. The van der Waals surface area contributed by atoms with Gasteiger partial charge in [-0.05, 0) is 5.56 Å². The van der Waals surface area contributed by atoms with Crippen LogP contribution in [0.1, 0.15) is 11.7 Å². The summed E-state index contributed by atoms with van der Waals surface area (Å²) in [5.41, 5.74) is 6.93. The Balaban J connectivity index is 1.97. The van der Waals surface area contributed by atoms with Crippen LogP contribution in [0.4, 0.5) is 5.95 Å². The largest absolute Gasteiger partial charge is 0.369 e. The van der Waals surface area contributed by atoms with E-state index in [-0.39, 0.29) is 17.6 Å². The van der Waals surface area contributed by atoms with Crippen molar-refractivity contribution in [1.82, 2.24) is 19.5 Å². The van der Waals surface area contributed by atoms with E-state index >= 15 is 0 Å². The number of nitrogen functional groups attached to an aromatic ring is 1. The molecular formula is C16H17N5O2. The van der Waals surface area contributed by atoms with Crippen molar-refractivity contribution >= 4 is 17.1 Å². The molecule has 0 bridgehead atoms. The predicted molar refractivity (Wildman–Crippen MR) is 87.9 cm³/mol. The van der Waals surface area contributed by atoms with E-state index in [0.717, 1.165) is 5.56 Å². The molecule has 3 rings (SSSR count). The molecule has 1 atom stereocenters. The number of aromatic nitrogens is 4. The lowest BCUT2D eigenvalue weighted by atomic mass is 10.1. The molecule has 0 fully saturated rings. The van der Waals surface area contributed by atoms with E-state index in [1.165, 1.54) is 0 Å². The molecule has 0 radical (unpaired) electrons. The van der Waals surface area contributed by atoms with E-state index in [0.29, 0.717) is 24.3 Å². The number of anilines is 1. The van der Waals surface area contributed by atoms with E-state index in [4.69, 9.17) is 10.5 Å². The molecule has 118 valence electrons. The summed E-state index contributed by atoms with van der Waals surface area (Å²) in [6.45, 7) is 4.52. The topological polar surface area (TPSA) is 98.8 Å². The molecule has 7 nitrogen and oxygen atoms in total. The lowest BCUT2D eigenvalue weighted by Crippen LogP contribution is -2.18. The molecule has 0 aliphatic carbocycles. The maximum Gasteiger partial charge on any atom is 0.278 e. The zero-order chi connectivity index (χ0) is 16.2. The Morgan fingerprint density at radius 1 is 1.39 bits per heavy atom. The summed E-state index contributed by atoms with van der Waals surface area (Å²) in [4.78, 5) is 22.8. The van der Waals surface area contributed by atoms with Crippen molar-refractivity contribution in [3.05, 3.63) is 65.2 Å². The van der Waals surface area contributed by atoms with Gasteiger partial charge in [-0.2, -0.15) is 4.98 Å². The molecule has 0 saturated heterocycles. The van der Waals surface area contributed by atoms with Gasteiger partial charge in [0.2, 0.25) is 5.95 Å². The Morgan fingerprint density at radius 2 is 2.17 bits per heavy atom. The summed E-state index contributed by atoms with van der Waals surface area (Å²) in [7, 11) is 0. The Bertz CT molecular complexity index is 869. The minimum absolute atomic E-state index is 0.0512. The maximum absolute atomic E-state index is 12.1. The van der Waals surface area contributed by atoms with Crippen LogP contribution in [0, 0.1) is 0 Å². The lowest BCUT2D eigenvalue weighted by Gasteiger charge is -2.18. The second-order valence-electron chi connectivity index (χ2n) is 5.04. The number of nitrogens with two attached hydrogens (primary N) is 1. The summed E-state index contributed by atoms with van der Waals surface area (Å²) >= 11 is 0. The normalized spacial score (nSPS) is 12.3. The monoisotopic (exact) mass is 311 g/mol. The van der Waals surface area contributed by atoms with Crippen molar-refractivity contribution < 1.29 is 4.74 Å². The first-order valence-corrected chi connectivity index (χ1v) is 7.17. The number of rotatable bonds is 6. The smallest absolute Gasteiger partial charge is 0.278 e. The number of aromatic amines is 1. The predicted octanol–water partition coefficient (Wildman–Crippen LogP) is 1.65. The highest BCUT2D eigenvalue weighted by Gasteiger charge is 2.16. The van der Waals surface area contributed by atoms with Gasteiger partial charge in [-0.1, -0.05) is 36.4 Å². The van der Waals surface area contributed by atoms with Crippen LogP contribution in [0.5, 0.6) is 0 Å². The van der Waals surface area contributed by atoms with E-state index in [2.05, 4.69) is 21.5 Å². The van der Waals surface area contributed by atoms with Gasteiger partial charge in [-0.3, -0.25) is 9.78 Å². The molecule has 1 unspecified atom stereocenters. The Labute approximate surface area is 132 Å². The molecule has 0 spiro atoms. The highest BCUT2D eigenvalue weighted by molar-refractivity contribution is 5.70. The van der Waals surface area contributed by atoms with Crippen LogP contribution in [0.3, 0.4) is 0 Å². The molecular weight excluding hydrogens is 294 g/mol. The molecule has 0 amide bonds. The number of fused-ring (bicyclic) bond motifs is 1. The fourth-order valence-corrected chi connectivity index (χ4v) is 2.43. The Morgan fingerprint density at radius 3 is 2.91 bits per heavy atom. The van der Waals surface area contributed by atoms with Crippen molar-refractivity contribution in [2.75, 3.05) is 12.3 Å². The second kappa shape index (κ2) is 6.45. The lowest BCUT2D eigenvalue weighted by molar-refractivity contribution is 0.0615. The second-order valence-corrected chi connectivity index (χ2v) is 5.04. The summed E-state index contributed by atoms with van der Waals surface area (Å²) < 4.78 is 7.56. The van der Waals surface area contributed by atoms with Crippen molar-refractivity contribution in [3.8, 4) is 0 Å². The Kier molecular flexibility index (Phi) is 4.20. The van der Waals surface area contributed by atoms with Gasteiger partial charge in [0.15, 0.2) is 11.2 Å². The van der Waals surface area contributed by atoms with E-state index in [1.807, 2.05) is 30.3 Å². The van der Waals surface area contributed by atoms with Crippen LogP contribution in [-0.2, 0) is 11.3 Å². The van der Waals surface area contributed by atoms with E-state index in [9.17, 15) is 4.79 Å². The molecule has 0 aliphatic heterocycles. The van der Waals surface area contributed by atoms with Crippen LogP contribution in [0.15, 0.2) is 54.1 Å². The fourth-order valence-electron chi connectivity index (χ4n) is 2.43. The highest BCUT2D eigenvalue weighted by Crippen LogP contribution is 2.21. The minimum atomic E-state index is -0.319. The maximum atomic E-state index is 12.1. The molecule has 3 aromatic rings. The zero-order valence-corrected chi connectivity index (χ0v) is 12.5. The average Bonchev–Trinajstić information content (AvgIpc) is 2.95. The van der Waals surface area contributed by atoms with Gasteiger partial charge in [-0.25, -0.2) is 4.98 Å². The molecule has 1 aromatic carbocycles. The van der Waals surface area contributed by atoms with Crippen LogP contribution in [-0.4, -0.2) is 26.1 Å². The number of nitrogens with zero attached hydrogens (tertiary/aromatic N) is 3. The van der Waals surface area contributed by atoms with Crippen LogP contribution >= 0.6 is 0 Å². The molecule has 0 saturated carbocycles. The van der Waals surface area contributed by atoms with E-state index < -0.39 is 0 Å². The van der Waals surface area contributed by atoms with Gasteiger partial charge >= 0.3 is 0 Å². The van der Waals surface area contributed by atoms with Gasteiger partial charge in [0, 0.05) is 0 Å². The van der Waals surface area contributed by atoms with Crippen LogP contribution in [0.2, 0.25) is 0 Å². The van der Waals surface area contributed by atoms with Gasteiger partial charge in [0.05, 0.1) is 19.5 Å².